The summed E-state index contributed by atoms with van der Waals surface area (Å²) in [5.41, 5.74) is 1.97. The molecule has 0 unspecified atom stereocenters. The van der Waals surface area contributed by atoms with Gasteiger partial charge in [0.05, 0.1) is 6.54 Å². The molecule has 0 heterocycles. The van der Waals surface area contributed by atoms with Crippen LogP contribution in [-0.2, 0) is 4.79 Å². The zero-order valence-corrected chi connectivity index (χ0v) is 13.2. The van der Waals surface area contributed by atoms with E-state index >= 15 is 0 Å². The van der Waals surface area contributed by atoms with Crippen LogP contribution < -0.4 is 10.6 Å². The average molecular weight is 326 g/mol. The first-order valence-electron chi connectivity index (χ1n) is 7.40. The van der Waals surface area contributed by atoms with Gasteiger partial charge in [0.25, 0.3) is 0 Å². The van der Waals surface area contributed by atoms with E-state index in [4.69, 9.17) is 5.11 Å². The predicted octanol–water partition coefficient (Wildman–Crippen LogP) is 2.68. The molecule has 6 heteroatoms. The molecule has 0 bridgehead atoms. The van der Waals surface area contributed by atoms with Crippen molar-refractivity contribution in [2.75, 3.05) is 23.7 Å². The van der Waals surface area contributed by atoms with E-state index in [-0.39, 0.29) is 24.7 Å². The summed E-state index contributed by atoms with van der Waals surface area (Å²) in [6.45, 7) is 1.19. The number of carboxylic acids is 1. The van der Waals surface area contributed by atoms with Gasteiger partial charge in [-0.15, -0.1) is 0 Å². The van der Waals surface area contributed by atoms with Crippen LogP contribution in [0.25, 0.3) is 0 Å². The number of hydrogen-bond acceptors (Lipinski definition) is 5. The van der Waals surface area contributed by atoms with Gasteiger partial charge >= 0.3 is 5.97 Å². The van der Waals surface area contributed by atoms with Gasteiger partial charge in [-0.3, -0.25) is 14.4 Å². The Labute approximate surface area is 139 Å². The van der Waals surface area contributed by atoms with Gasteiger partial charge in [-0.25, -0.2) is 0 Å². The number of anilines is 2. The molecule has 0 radical (unpaired) electrons. The van der Waals surface area contributed by atoms with E-state index < -0.39 is 5.97 Å². The number of aliphatic carboxylic acids is 1. The Morgan fingerprint density at radius 3 is 1.92 bits per heavy atom. The Hall–Kier alpha value is -3.15. The monoisotopic (exact) mass is 326 g/mol. The third kappa shape index (κ3) is 4.42. The molecule has 0 aliphatic carbocycles. The van der Waals surface area contributed by atoms with Crippen LogP contribution in [0.4, 0.5) is 11.4 Å². The summed E-state index contributed by atoms with van der Waals surface area (Å²) in [6, 6.07) is 13.7. The highest BCUT2D eigenvalue weighted by molar-refractivity contribution is 6.05. The molecule has 24 heavy (non-hydrogen) atoms. The first-order valence-corrected chi connectivity index (χ1v) is 7.40. The van der Waals surface area contributed by atoms with Gasteiger partial charge < -0.3 is 15.7 Å². The fraction of sp³-hybridized carbons (Fsp3) is 0.167. The molecule has 2 rings (SSSR count). The third-order valence-corrected chi connectivity index (χ3v) is 3.40. The fourth-order valence-electron chi connectivity index (χ4n) is 2.27. The Morgan fingerprint density at radius 2 is 1.33 bits per heavy atom. The SMILES string of the molecule is CC(=O)c1ccccc1NCC(=O)c1ccccc1NCC(=O)O. The van der Waals surface area contributed by atoms with Gasteiger partial charge in [0.2, 0.25) is 0 Å². The summed E-state index contributed by atoms with van der Waals surface area (Å²) in [5.74, 6) is -1.30. The van der Waals surface area contributed by atoms with Gasteiger partial charge in [-0.2, -0.15) is 0 Å². The number of carboxylic acid groups (broad SMARTS) is 1. The van der Waals surface area contributed by atoms with E-state index in [1.165, 1.54) is 6.92 Å². The van der Waals surface area contributed by atoms with Crippen molar-refractivity contribution in [2.24, 2.45) is 0 Å². The van der Waals surface area contributed by atoms with E-state index in [9.17, 15) is 14.4 Å². The van der Waals surface area contributed by atoms with Crippen molar-refractivity contribution in [2.45, 2.75) is 6.92 Å². The molecule has 0 aromatic heterocycles. The highest BCUT2D eigenvalue weighted by Gasteiger charge is 2.13. The Kier molecular flexibility index (Phi) is 5.68. The van der Waals surface area contributed by atoms with Gasteiger partial charge in [0.15, 0.2) is 11.6 Å². The number of carbonyl (C=O) groups excluding carboxylic acids is 2. The van der Waals surface area contributed by atoms with E-state index in [1.807, 2.05) is 0 Å². The van der Waals surface area contributed by atoms with E-state index in [2.05, 4.69) is 10.6 Å². The largest absolute Gasteiger partial charge is 0.480 e. The van der Waals surface area contributed by atoms with Crippen LogP contribution in [0.1, 0.15) is 27.6 Å². The number of Topliss-reactive ketones (excluding diaryl/α,β-unsaturated/α-hetero) is 2. The maximum atomic E-state index is 12.4. The summed E-state index contributed by atoms with van der Waals surface area (Å²) < 4.78 is 0. The third-order valence-electron chi connectivity index (χ3n) is 3.40. The smallest absolute Gasteiger partial charge is 0.322 e. The maximum absolute atomic E-state index is 12.4. The molecule has 0 saturated carbocycles. The Morgan fingerprint density at radius 1 is 0.833 bits per heavy atom. The second-order valence-corrected chi connectivity index (χ2v) is 5.17. The minimum atomic E-state index is -1.01. The fourth-order valence-corrected chi connectivity index (χ4v) is 2.27. The highest BCUT2D eigenvalue weighted by atomic mass is 16.4. The van der Waals surface area contributed by atoms with Gasteiger partial charge in [0.1, 0.15) is 6.54 Å². The molecule has 6 nitrogen and oxygen atoms in total. The molecule has 0 saturated heterocycles. The van der Waals surface area contributed by atoms with Crippen LogP contribution in [0.3, 0.4) is 0 Å². The second kappa shape index (κ2) is 7.92. The standard InChI is InChI=1S/C18H18N2O4/c1-12(21)13-6-2-4-8-15(13)19-10-17(22)14-7-3-5-9-16(14)20-11-18(23)24/h2-9,19-20H,10-11H2,1H3,(H,23,24). The molecular weight excluding hydrogens is 308 g/mol. The zero-order chi connectivity index (χ0) is 17.5. The minimum Gasteiger partial charge on any atom is -0.480 e. The van der Waals surface area contributed by atoms with Gasteiger partial charge in [0, 0.05) is 22.5 Å². The normalized spacial score (nSPS) is 10.0. The zero-order valence-electron chi connectivity index (χ0n) is 13.2. The minimum absolute atomic E-state index is 0.00391. The van der Waals surface area contributed by atoms with Crippen molar-refractivity contribution in [3.63, 3.8) is 0 Å². The van der Waals surface area contributed by atoms with Crippen LogP contribution in [0, 0.1) is 0 Å². The summed E-state index contributed by atoms with van der Waals surface area (Å²) >= 11 is 0. The number of para-hydroxylation sites is 2. The lowest BCUT2D eigenvalue weighted by molar-refractivity contribution is -0.134. The van der Waals surface area contributed by atoms with Crippen molar-refractivity contribution >= 4 is 28.9 Å². The second-order valence-electron chi connectivity index (χ2n) is 5.17. The number of carbonyl (C=O) groups is 3. The first kappa shape index (κ1) is 17.2. The Balaban J connectivity index is 2.11. The maximum Gasteiger partial charge on any atom is 0.322 e. The molecular formula is C18H18N2O4. The number of nitrogens with one attached hydrogen (secondary N) is 2. The van der Waals surface area contributed by atoms with Crippen molar-refractivity contribution < 1.29 is 19.5 Å². The van der Waals surface area contributed by atoms with Crippen LogP contribution >= 0.6 is 0 Å². The summed E-state index contributed by atoms with van der Waals surface area (Å²) in [6.07, 6.45) is 0. The van der Waals surface area contributed by atoms with Crippen LogP contribution in [-0.4, -0.2) is 35.7 Å². The summed E-state index contributed by atoms with van der Waals surface area (Å²) in [4.78, 5) is 34.7. The van der Waals surface area contributed by atoms with Gasteiger partial charge in [-0.05, 0) is 31.2 Å². The predicted molar refractivity (Wildman–Crippen MR) is 91.8 cm³/mol. The topological polar surface area (TPSA) is 95.5 Å². The molecule has 0 atom stereocenters. The Bertz CT molecular complexity index is 771. The quantitative estimate of drug-likeness (QED) is 0.646. The number of rotatable bonds is 8. The molecule has 2 aromatic rings. The van der Waals surface area contributed by atoms with E-state index in [0.717, 1.165) is 0 Å². The van der Waals surface area contributed by atoms with Gasteiger partial charge in [-0.1, -0.05) is 24.3 Å². The highest BCUT2D eigenvalue weighted by Crippen LogP contribution is 2.18. The van der Waals surface area contributed by atoms with Crippen molar-refractivity contribution in [1.82, 2.24) is 0 Å². The van der Waals surface area contributed by atoms with E-state index in [0.29, 0.717) is 22.5 Å². The van der Waals surface area contributed by atoms with Crippen LogP contribution in [0.2, 0.25) is 0 Å². The number of ketones is 2. The molecule has 0 spiro atoms. The lowest BCUT2D eigenvalue weighted by atomic mass is 10.1. The molecule has 0 fully saturated rings. The van der Waals surface area contributed by atoms with Crippen molar-refractivity contribution in [3.05, 3.63) is 59.7 Å². The molecule has 0 amide bonds. The summed E-state index contributed by atoms with van der Waals surface area (Å²) in [5, 5.41) is 14.4. The number of benzene rings is 2. The molecule has 124 valence electrons. The van der Waals surface area contributed by atoms with E-state index in [1.54, 1.807) is 48.5 Å². The molecule has 3 N–H and O–H groups in total. The molecule has 0 aliphatic heterocycles. The first-order chi connectivity index (χ1) is 11.5. The van der Waals surface area contributed by atoms with Crippen molar-refractivity contribution in [1.29, 1.82) is 0 Å². The lowest BCUT2D eigenvalue weighted by Gasteiger charge is -2.12. The molecule has 0 aliphatic rings. The van der Waals surface area contributed by atoms with Crippen LogP contribution in [0.15, 0.2) is 48.5 Å². The lowest BCUT2D eigenvalue weighted by Crippen LogP contribution is -2.19. The number of hydrogen-bond donors (Lipinski definition) is 3. The molecule has 2 aromatic carbocycles. The van der Waals surface area contributed by atoms with Crippen LogP contribution in [0.5, 0.6) is 0 Å². The van der Waals surface area contributed by atoms with Crippen molar-refractivity contribution in [3.8, 4) is 0 Å². The summed E-state index contributed by atoms with van der Waals surface area (Å²) in [7, 11) is 0. The average Bonchev–Trinajstić information content (AvgIpc) is 2.58.